The maximum Gasteiger partial charge on any atom is 0.0506 e. The minimum Gasteiger partial charge on any atom is -0.381 e. The van der Waals surface area contributed by atoms with Gasteiger partial charge in [-0.1, -0.05) is 27.7 Å². The predicted octanol–water partition coefficient (Wildman–Crippen LogP) is 3.22. The van der Waals surface area contributed by atoms with Gasteiger partial charge in [-0.3, -0.25) is 0 Å². The van der Waals surface area contributed by atoms with Crippen molar-refractivity contribution in [1.82, 2.24) is 5.32 Å². The van der Waals surface area contributed by atoms with Crippen LogP contribution in [0.25, 0.3) is 0 Å². The molecule has 2 bridgehead atoms. The van der Waals surface area contributed by atoms with E-state index in [4.69, 9.17) is 4.74 Å². The highest BCUT2D eigenvalue weighted by molar-refractivity contribution is 5.12. The van der Waals surface area contributed by atoms with Gasteiger partial charge >= 0.3 is 0 Å². The fraction of sp³-hybridized carbons (Fsp3) is 1.00. The van der Waals surface area contributed by atoms with Gasteiger partial charge in [0.2, 0.25) is 0 Å². The summed E-state index contributed by atoms with van der Waals surface area (Å²) in [5.41, 5.74) is 1.03. The Morgan fingerprint density at radius 2 is 1.94 bits per heavy atom. The van der Waals surface area contributed by atoms with E-state index >= 15 is 0 Å². The van der Waals surface area contributed by atoms with E-state index in [0.717, 1.165) is 19.1 Å². The summed E-state index contributed by atoms with van der Waals surface area (Å²) >= 11 is 0. The molecule has 3 unspecified atom stereocenters. The van der Waals surface area contributed by atoms with E-state index in [0.29, 0.717) is 28.8 Å². The maximum absolute atomic E-state index is 5.58. The average molecular weight is 251 g/mol. The van der Waals surface area contributed by atoms with E-state index in [-0.39, 0.29) is 0 Å². The first kappa shape index (κ1) is 12.9. The summed E-state index contributed by atoms with van der Waals surface area (Å²) in [5.74, 6) is 1.60. The summed E-state index contributed by atoms with van der Waals surface area (Å²) in [6, 6.07) is 1.37. The fourth-order valence-electron chi connectivity index (χ4n) is 5.06. The topological polar surface area (TPSA) is 21.3 Å². The fourth-order valence-corrected chi connectivity index (χ4v) is 5.06. The van der Waals surface area contributed by atoms with E-state index in [1.807, 2.05) is 0 Å². The van der Waals surface area contributed by atoms with Gasteiger partial charge < -0.3 is 10.1 Å². The number of nitrogens with one attached hydrogen (secondary N) is 1. The number of ether oxygens (including phenoxy) is 1. The highest BCUT2D eigenvalue weighted by atomic mass is 16.5. The zero-order chi connectivity index (χ0) is 13.0. The molecule has 1 aliphatic heterocycles. The van der Waals surface area contributed by atoms with Crippen LogP contribution in [0.15, 0.2) is 0 Å². The van der Waals surface area contributed by atoms with Crippen LogP contribution in [0.1, 0.15) is 53.4 Å². The lowest BCUT2D eigenvalue weighted by atomic mass is 9.68. The minimum absolute atomic E-state index is 0.477. The molecule has 1 heterocycles. The van der Waals surface area contributed by atoms with Crippen molar-refractivity contribution in [2.75, 3.05) is 13.2 Å². The second-order valence-electron chi connectivity index (χ2n) is 7.96. The van der Waals surface area contributed by atoms with Gasteiger partial charge in [-0.2, -0.15) is 0 Å². The van der Waals surface area contributed by atoms with Gasteiger partial charge in [0.05, 0.1) is 6.61 Å². The quantitative estimate of drug-likeness (QED) is 0.813. The van der Waals surface area contributed by atoms with Crippen LogP contribution in [-0.2, 0) is 4.74 Å². The molecule has 0 radical (unpaired) electrons. The summed E-state index contributed by atoms with van der Waals surface area (Å²) in [4.78, 5) is 0. The molecule has 0 spiro atoms. The molecule has 2 saturated carbocycles. The molecule has 0 amide bonds. The van der Waals surface area contributed by atoms with Crippen LogP contribution in [0, 0.1) is 22.7 Å². The Morgan fingerprint density at radius 1 is 1.17 bits per heavy atom. The van der Waals surface area contributed by atoms with E-state index < -0.39 is 0 Å². The molecule has 3 rings (SSSR count). The molecule has 104 valence electrons. The third-order valence-electron chi connectivity index (χ3n) is 6.29. The Morgan fingerprint density at radius 3 is 2.56 bits per heavy atom. The summed E-state index contributed by atoms with van der Waals surface area (Å²) in [6.07, 6.45) is 5.51. The zero-order valence-corrected chi connectivity index (χ0v) is 12.5. The molecule has 2 aliphatic carbocycles. The molecular formula is C16H29NO. The zero-order valence-electron chi connectivity index (χ0n) is 12.5. The van der Waals surface area contributed by atoms with Crippen LogP contribution in [0.4, 0.5) is 0 Å². The molecule has 0 aromatic carbocycles. The molecule has 1 N–H and O–H groups in total. The summed E-state index contributed by atoms with van der Waals surface area (Å²) in [5, 5.41) is 4.05. The average Bonchev–Trinajstić information content (AvgIpc) is 2.78. The van der Waals surface area contributed by atoms with Crippen molar-refractivity contribution >= 4 is 0 Å². The van der Waals surface area contributed by atoms with Gasteiger partial charge in [0, 0.05) is 18.7 Å². The summed E-state index contributed by atoms with van der Waals surface area (Å²) < 4.78 is 5.58. The molecule has 3 aliphatic rings. The molecule has 2 heteroatoms. The lowest BCUT2D eigenvalue weighted by Gasteiger charge is -2.46. The number of rotatable bonds is 2. The van der Waals surface area contributed by atoms with Crippen molar-refractivity contribution < 1.29 is 4.74 Å². The van der Waals surface area contributed by atoms with Crippen LogP contribution in [0.3, 0.4) is 0 Å². The van der Waals surface area contributed by atoms with E-state index in [9.17, 15) is 0 Å². The van der Waals surface area contributed by atoms with Gasteiger partial charge in [0.15, 0.2) is 0 Å². The summed E-state index contributed by atoms with van der Waals surface area (Å²) in [6.45, 7) is 11.7. The number of hydrogen-bond donors (Lipinski definition) is 1. The third kappa shape index (κ3) is 1.84. The standard InChI is InChI=1S/C16H29NO/c1-11-10-18-8-6-13(11)17-14-15(2,3)12-5-7-16(14,4)9-12/h11-14,17H,5-10H2,1-4H3/t11?,12-,13?,14?,16+/m0/s1. The van der Waals surface area contributed by atoms with Crippen LogP contribution < -0.4 is 5.32 Å². The first-order valence-corrected chi connectivity index (χ1v) is 7.77. The van der Waals surface area contributed by atoms with Crippen LogP contribution in [-0.4, -0.2) is 25.3 Å². The monoisotopic (exact) mass is 251 g/mol. The Bertz CT molecular complexity index is 322. The molecule has 3 fully saturated rings. The first-order valence-electron chi connectivity index (χ1n) is 7.77. The minimum atomic E-state index is 0.477. The highest BCUT2D eigenvalue weighted by Crippen LogP contribution is 2.62. The van der Waals surface area contributed by atoms with Crippen LogP contribution in [0.2, 0.25) is 0 Å². The summed E-state index contributed by atoms with van der Waals surface area (Å²) in [7, 11) is 0. The largest absolute Gasteiger partial charge is 0.381 e. The van der Waals surface area contributed by atoms with Gasteiger partial charge in [-0.25, -0.2) is 0 Å². The third-order valence-corrected chi connectivity index (χ3v) is 6.29. The van der Waals surface area contributed by atoms with Crippen molar-refractivity contribution in [1.29, 1.82) is 0 Å². The molecule has 1 saturated heterocycles. The first-order chi connectivity index (χ1) is 8.43. The van der Waals surface area contributed by atoms with E-state index in [2.05, 4.69) is 33.0 Å². The Kier molecular flexibility index (Phi) is 3.02. The Labute approximate surface area is 112 Å². The molecule has 0 aromatic rings. The lowest BCUT2D eigenvalue weighted by Crippen LogP contribution is -2.56. The highest BCUT2D eigenvalue weighted by Gasteiger charge is 2.59. The van der Waals surface area contributed by atoms with Crippen molar-refractivity contribution in [2.24, 2.45) is 22.7 Å². The molecule has 18 heavy (non-hydrogen) atoms. The van der Waals surface area contributed by atoms with Gasteiger partial charge in [0.25, 0.3) is 0 Å². The number of fused-ring (bicyclic) bond motifs is 2. The Balaban J connectivity index is 1.75. The lowest BCUT2D eigenvalue weighted by molar-refractivity contribution is 0.0150. The normalized spacial score (nSPS) is 50.7. The maximum atomic E-state index is 5.58. The van der Waals surface area contributed by atoms with Crippen molar-refractivity contribution in [3.63, 3.8) is 0 Å². The SMILES string of the molecule is CC1COCCC1NC1C(C)(C)[C@H]2CC[C@]1(C)C2. The van der Waals surface area contributed by atoms with E-state index in [1.165, 1.54) is 25.7 Å². The second-order valence-corrected chi connectivity index (χ2v) is 7.96. The predicted molar refractivity (Wildman–Crippen MR) is 74.5 cm³/mol. The Hall–Kier alpha value is -0.0800. The molecule has 2 nitrogen and oxygen atoms in total. The van der Waals surface area contributed by atoms with Crippen LogP contribution >= 0.6 is 0 Å². The van der Waals surface area contributed by atoms with E-state index in [1.54, 1.807) is 0 Å². The smallest absolute Gasteiger partial charge is 0.0506 e. The van der Waals surface area contributed by atoms with Crippen molar-refractivity contribution in [2.45, 2.75) is 65.5 Å². The second kappa shape index (κ2) is 4.21. The van der Waals surface area contributed by atoms with Crippen molar-refractivity contribution in [3.05, 3.63) is 0 Å². The number of hydrogen-bond acceptors (Lipinski definition) is 2. The molecular weight excluding hydrogens is 222 g/mol. The molecule has 0 aromatic heterocycles. The van der Waals surface area contributed by atoms with Gasteiger partial charge in [-0.15, -0.1) is 0 Å². The van der Waals surface area contributed by atoms with Gasteiger partial charge in [0.1, 0.15) is 0 Å². The van der Waals surface area contributed by atoms with Crippen molar-refractivity contribution in [3.8, 4) is 0 Å². The van der Waals surface area contributed by atoms with Gasteiger partial charge in [-0.05, 0) is 48.3 Å². The molecule has 5 atom stereocenters. The van der Waals surface area contributed by atoms with Crippen LogP contribution in [0.5, 0.6) is 0 Å².